The van der Waals surface area contributed by atoms with Crippen LogP contribution in [0.4, 0.5) is 0 Å². The first kappa shape index (κ1) is 15.8. The van der Waals surface area contributed by atoms with Gasteiger partial charge in [-0.2, -0.15) is 0 Å². The van der Waals surface area contributed by atoms with E-state index in [9.17, 15) is 9.90 Å². The molecule has 116 valence electrons. The molecule has 3 N–H and O–H groups in total. The van der Waals surface area contributed by atoms with Gasteiger partial charge in [-0.15, -0.1) is 0 Å². The van der Waals surface area contributed by atoms with E-state index in [2.05, 4.69) is 17.6 Å². The lowest BCUT2D eigenvalue weighted by Crippen LogP contribution is -2.37. The fourth-order valence-electron chi connectivity index (χ4n) is 2.81. The van der Waals surface area contributed by atoms with Gasteiger partial charge in [0, 0.05) is 12.5 Å². The molecule has 1 aromatic rings. The van der Waals surface area contributed by atoms with Gasteiger partial charge in [-0.25, -0.2) is 0 Å². The molecule has 21 heavy (non-hydrogen) atoms. The average molecular weight is 290 g/mol. The Labute approximate surface area is 126 Å². The zero-order valence-corrected chi connectivity index (χ0v) is 12.8. The second-order valence-electron chi connectivity index (χ2n) is 6.09. The number of benzene rings is 1. The summed E-state index contributed by atoms with van der Waals surface area (Å²) in [5, 5.41) is 15.7. The summed E-state index contributed by atoms with van der Waals surface area (Å²) >= 11 is 0. The molecule has 0 aromatic heterocycles. The average Bonchev–Trinajstić information content (AvgIpc) is 2.47. The molecule has 1 aliphatic rings. The predicted molar refractivity (Wildman–Crippen MR) is 84.2 cm³/mol. The number of aryl methyl sites for hydroxylation is 1. The monoisotopic (exact) mass is 290 g/mol. The van der Waals surface area contributed by atoms with Crippen molar-refractivity contribution in [1.82, 2.24) is 10.6 Å². The number of rotatable bonds is 6. The van der Waals surface area contributed by atoms with Crippen LogP contribution in [0.2, 0.25) is 0 Å². The van der Waals surface area contributed by atoms with Crippen LogP contribution in [0.5, 0.6) is 5.75 Å². The van der Waals surface area contributed by atoms with Crippen molar-refractivity contribution < 1.29 is 9.90 Å². The van der Waals surface area contributed by atoms with Gasteiger partial charge in [0.15, 0.2) is 0 Å². The zero-order chi connectivity index (χ0) is 15.1. The first-order valence-corrected chi connectivity index (χ1v) is 7.91. The summed E-state index contributed by atoms with van der Waals surface area (Å²) in [6.07, 6.45) is 4.79. The molecule has 4 heteroatoms. The Morgan fingerprint density at radius 3 is 2.86 bits per heavy atom. The summed E-state index contributed by atoms with van der Waals surface area (Å²) in [6, 6.07) is 7.45. The number of hydrogen-bond acceptors (Lipinski definition) is 3. The number of carbonyl (C=O) groups is 1. The van der Waals surface area contributed by atoms with Crippen LogP contribution < -0.4 is 10.6 Å². The van der Waals surface area contributed by atoms with Gasteiger partial charge < -0.3 is 15.7 Å². The second kappa shape index (κ2) is 8.03. The Morgan fingerprint density at radius 2 is 2.19 bits per heavy atom. The Morgan fingerprint density at radius 1 is 1.43 bits per heavy atom. The maximum absolute atomic E-state index is 12.0. The highest BCUT2D eigenvalue weighted by atomic mass is 16.3. The van der Waals surface area contributed by atoms with Crippen molar-refractivity contribution in [3.8, 4) is 5.75 Å². The summed E-state index contributed by atoms with van der Waals surface area (Å²) in [4.78, 5) is 12.0. The van der Waals surface area contributed by atoms with Crippen molar-refractivity contribution >= 4 is 5.91 Å². The highest BCUT2D eigenvalue weighted by molar-refractivity contribution is 5.76. The van der Waals surface area contributed by atoms with Crippen LogP contribution in [-0.4, -0.2) is 30.1 Å². The number of phenols is 1. The summed E-state index contributed by atoms with van der Waals surface area (Å²) < 4.78 is 0. The number of amides is 1. The summed E-state index contributed by atoms with van der Waals surface area (Å²) in [7, 11) is 0. The number of hydrogen-bond donors (Lipinski definition) is 3. The highest BCUT2D eigenvalue weighted by Crippen LogP contribution is 2.14. The fourth-order valence-corrected chi connectivity index (χ4v) is 2.81. The Hall–Kier alpha value is -1.55. The van der Waals surface area contributed by atoms with Crippen molar-refractivity contribution in [3.63, 3.8) is 0 Å². The molecule has 4 nitrogen and oxygen atoms in total. The minimum absolute atomic E-state index is 0.168. The van der Waals surface area contributed by atoms with Crippen molar-refractivity contribution in [2.75, 3.05) is 13.1 Å². The minimum atomic E-state index is 0.168. The SMILES string of the molecule is CC(CCc1ccc(O)cc1)NC(=O)CC1CCCNC1. The molecule has 1 aliphatic heterocycles. The van der Waals surface area contributed by atoms with Crippen molar-refractivity contribution in [2.24, 2.45) is 5.92 Å². The molecular formula is C17H26N2O2. The molecule has 1 amide bonds. The Kier molecular flexibility index (Phi) is 6.05. The smallest absolute Gasteiger partial charge is 0.220 e. The van der Waals surface area contributed by atoms with Gasteiger partial charge in [-0.3, -0.25) is 4.79 Å². The zero-order valence-electron chi connectivity index (χ0n) is 12.8. The van der Waals surface area contributed by atoms with Crippen LogP contribution >= 0.6 is 0 Å². The molecule has 1 heterocycles. The van der Waals surface area contributed by atoms with Crippen LogP contribution in [0.1, 0.15) is 38.2 Å². The molecule has 2 rings (SSSR count). The molecule has 2 atom stereocenters. The Balaban J connectivity index is 1.67. The fraction of sp³-hybridized carbons (Fsp3) is 0.588. The van der Waals surface area contributed by atoms with Crippen LogP contribution in [-0.2, 0) is 11.2 Å². The summed E-state index contributed by atoms with van der Waals surface area (Å²) in [5.41, 5.74) is 1.19. The molecule has 1 aromatic carbocycles. The lowest BCUT2D eigenvalue weighted by atomic mass is 9.95. The van der Waals surface area contributed by atoms with Gasteiger partial charge in [0.25, 0.3) is 0 Å². The van der Waals surface area contributed by atoms with E-state index in [-0.39, 0.29) is 11.9 Å². The highest BCUT2D eigenvalue weighted by Gasteiger charge is 2.17. The number of aromatic hydroxyl groups is 1. The topological polar surface area (TPSA) is 61.4 Å². The van der Waals surface area contributed by atoms with Crippen molar-refractivity contribution in [3.05, 3.63) is 29.8 Å². The van der Waals surface area contributed by atoms with Crippen LogP contribution in [0.3, 0.4) is 0 Å². The largest absolute Gasteiger partial charge is 0.508 e. The number of carbonyl (C=O) groups excluding carboxylic acids is 1. The number of phenolic OH excluding ortho intramolecular Hbond substituents is 1. The van der Waals surface area contributed by atoms with Crippen LogP contribution in [0, 0.1) is 5.92 Å². The normalized spacial score (nSPS) is 20.0. The van der Waals surface area contributed by atoms with Gasteiger partial charge >= 0.3 is 0 Å². The first-order valence-electron chi connectivity index (χ1n) is 7.91. The number of piperidine rings is 1. The van der Waals surface area contributed by atoms with Gasteiger partial charge in [-0.1, -0.05) is 12.1 Å². The predicted octanol–water partition coefficient (Wildman–Crippen LogP) is 2.22. The molecule has 0 bridgehead atoms. The van der Waals surface area contributed by atoms with E-state index in [1.165, 1.54) is 12.0 Å². The van der Waals surface area contributed by atoms with E-state index < -0.39 is 0 Å². The quantitative estimate of drug-likeness (QED) is 0.753. The summed E-state index contributed by atoms with van der Waals surface area (Å²) in [5.74, 6) is 0.950. The molecule has 1 fully saturated rings. The lowest BCUT2D eigenvalue weighted by molar-refractivity contribution is -0.122. The molecule has 1 saturated heterocycles. The number of nitrogens with one attached hydrogen (secondary N) is 2. The third-order valence-corrected chi connectivity index (χ3v) is 4.08. The molecule has 0 radical (unpaired) electrons. The molecule has 2 unspecified atom stereocenters. The molecule has 0 spiro atoms. The van der Waals surface area contributed by atoms with E-state index in [0.717, 1.165) is 32.4 Å². The van der Waals surface area contributed by atoms with Gasteiger partial charge in [0.1, 0.15) is 5.75 Å². The second-order valence-corrected chi connectivity index (χ2v) is 6.09. The van der Waals surface area contributed by atoms with E-state index in [1.807, 2.05) is 12.1 Å². The first-order chi connectivity index (χ1) is 10.1. The van der Waals surface area contributed by atoms with E-state index in [1.54, 1.807) is 12.1 Å². The molecule has 0 saturated carbocycles. The van der Waals surface area contributed by atoms with Gasteiger partial charge in [0.05, 0.1) is 0 Å². The molecule has 0 aliphatic carbocycles. The van der Waals surface area contributed by atoms with Gasteiger partial charge in [0.2, 0.25) is 5.91 Å². The third-order valence-electron chi connectivity index (χ3n) is 4.08. The van der Waals surface area contributed by atoms with Crippen LogP contribution in [0.15, 0.2) is 24.3 Å². The van der Waals surface area contributed by atoms with E-state index in [4.69, 9.17) is 0 Å². The van der Waals surface area contributed by atoms with Gasteiger partial charge in [-0.05, 0) is 69.3 Å². The summed E-state index contributed by atoms with van der Waals surface area (Å²) in [6.45, 7) is 4.11. The third kappa shape index (κ3) is 5.76. The maximum Gasteiger partial charge on any atom is 0.220 e. The molecular weight excluding hydrogens is 264 g/mol. The van der Waals surface area contributed by atoms with Crippen molar-refractivity contribution in [1.29, 1.82) is 0 Å². The van der Waals surface area contributed by atoms with E-state index >= 15 is 0 Å². The standard InChI is InChI=1S/C17H26N2O2/c1-13(4-5-14-6-8-16(20)9-7-14)19-17(21)11-15-3-2-10-18-12-15/h6-9,13,15,18,20H,2-5,10-12H2,1H3,(H,19,21). The van der Waals surface area contributed by atoms with Crippen molar-refractivity contribution in [2.45, 2.75) is 45.1 Å². The van der Waals surface area contributed by atoms with E-state index in [0.29, 0.717) is 18.1 Å². The van der Waals surface area contributed by atoms with Crippen LogP contribution in [0.25, 0.3) is 0 Å². The lowest BCUT2D eigenvalue weighted by Gasteiger charge is -2.23. The minimum Gasteiger partial charge on any atom is -0.508 e. The Bertz CT molecular complexity index is 439. The maximum atomic E-state index is 12.0.